The number of hydrogen-bond acceptors (Lipinski definition) is 4. The van der Waals surface area contributed by atoms with Crippen LogP contribution in [0.4, 0.5) is 4.39 Å². The van der Waals surface area contributed by atoms with E-state index in [-0.39, 0.29) is 29.8 Å². The number of carbonyl (C=O) groups excluding carboxylic acids is 1. The van der Waals surface area contributed by atoms with Gasteiger partial charge in [0.05, 0.1) is 11.0 Å². The molecule has 1 amide bonds. The van der Waals surface area contributed by atoms with E-state index in [0.29, 0.717) is 5.56 Å². The predicted molar refractivity (Wildman–Crippen MR) is 109 cm³/mol. The van der Waals surface area contributed by atoms with Crippen molar-refractivity contribution in [3.05, 3.63) is 65.5 Å². The Hall–Kier alpha value is -2.29. The Balaban J connectivity index is 1.80. The Kier molecular flexibility index (Phi) is 7.51. The van der Waals surface area contributed by atoms with E-state index in [0.717, 1.165) is 5.56 Å². The quantitative estimate of drug-likeness (QED) is 0.609. The monoisotopic (exact) mass is 422 g/mol. The molecule has 0 spiro atoms. The number of amides is 1. The first kappa shape index (κ1) is 23.0. The van der Waals surface area contributed by atoms with Gasteiger partial charge in [0.15, 0.2) is 0 Å². The Morgan fingerprint density at radius 2 is 1.66 bits per heavy atom. The van der Waals surface area contributed by atoms with Crippen LogP contribution in [0.2, 0.25) is 0 Å². The highest BCUT2D eigenvalue weighted by Crippen LogP contribution is 2.23. The largest absolute Gasteiger partial charge is 0.387 e. The minimum atomic E-state index is -3.71. The standard InChI is InChI=1S/C21H27FN2O4S/c1-21(2,3)16-6-10-18(11-7-16)29(27,28)24-13-12-20(26)23-14-19(25)15-4-8-17(22)9-5-15/h4-11,19,24-25H,12-14H2,1-3H3,(H,23,26). The third kappa shape index (κ3) is 6.92. The van der Waals surface area contributed by atoms with Crippen LogP contribution in [0.25, 0.3) is 0 Å². The fourth-order valence-corrected chi connectivity index (χ4v) is 3.65. The number of benzene rings is 2. The van der Waals surface area contributed by atoms with Crippen LogP contribution in [0.5, 0.6) is 0 Å². The number of sulfonamides is 1. The SMILES string of the molecule is CC(C)(C)c1ccc(S(=O)(=O)NCCC(=O)NCC(O)c2ccc(F)cc2)cc1. The van der Waals surface area contributed by atoms with E-state index in [1.807, 2.05) is 20.8 Å². The molecule has 0 heterocycles. The first-order valence-corrected chi connectivity index (χ1v) is 10.8. The van der Waals surface area contributed by atoms with Gasteiger partial charge in [-0.25, -0.2) is 17.5 Å². The number of halogens is 1. The summed E-state index contributed by atoms with van der Waals surface area (Å²) in [6, 6.07) is 12.0. The van der Waals surface area contributed by atoms with Gasteiger partial charge >= 0.3 is 0 Å². The van der Waals surface area contributed by atoms with Gasteiger partial charge in [-0.3, -0.25) is 4.79 Å². The third-order valence-electron chi connectivity index (χ3n) is 4.42. The van der Waals surface area contributed by atoms with Crippen LogP contribution in [0, 0.1) is 5.82 Å². The maximum absolute atomic E-state index is 12.9. The number of aliphatic hydroxyl groups excluding tert-OH is 1. The van der Waals surface area contributed by atoms with Crippen molar-refractivity contribution in [3.8, 4) is 0 Å². The van der Waals surface area contributed by atoms with Crippen molar-refractivity contribution in [2.75, 3.05) is 13.1 Å². The molecule has 0 aromatic heterocycles. The molecule has 0 aliphatic rings. The molecule has 1 atom stereocenters. The van der Waals surface area contributed by atoms with Crippen LogP contribution >= 0.6 is 0 Å². The van der Waals surface area contributed by atoms with Crippen LogP contribution in [0.15, 0.2) is 53.4 Å². The lowest BCUT2D eigenvalue weighted by Crippen LogP contribution is -2.32. The fraction of sp³-hybridized carbons (Fsp3) is 0.381. The summed E-state index contributed by atoms with van der Waals surface area (Å²) < 4.78 is 40.0. The molecule has 0 bridgehead atoms. The van der Waals surface area contributed by atoms with Crippen LogP contribution in [0.1, 0.15) is 44.4 Å². The highest BCUT2D eigenvalue weighted by Gasteiger charge is 2.18. The Morgan fingerprint density at radius 1 is 1.07 bits per heavy atom. The summed E-state index contributed by atoms with van der Waals surface area (Å²) in [7, 11) is -3.71. The van der Waals surface area contributed by atoms with E-state index in [1.54, 1.807) is 24.3 Å². The molecule has 2 aromatic carbocycles. The molecule has 2 rings (SSSR count). The second-order valence-corrected chi connectivity index (χ2v) is 9.56. The molecule has 1 unspecified atom stereocenters. The molecule has 0 aliphatic heterocycles. The van der Waals surface area contributed by atoms with Crippen molar-refractivity contribution in [3.63, 3.8) is 0 Å². The van der Waals surface area contributed by atoms with Gasteiger partial charge in [-0.05, 0) is 40.8 Å². The van der Waals surface area contributed by atoms with Gasteiger partial charge in [-0.15, -0.1) is 0 Å². The molecule has 0 saturated heterocycles. The highest BCUT2D eigenvalue weighted by atomic mass is 32.2. The molecule has 0 saturated carbocycles. The summed E-state index contributed by atoms with van der Waals surface area (Å²) in [6.45, 7) is 6.01. The molecule has 6 nitrogen and oxygen atoms in total. The summed E-state index contributed by atoms with van der Waals surface area (Å²) in [5, 5.41) is 12.5. The van der Waals surface area contributed by atoms with Crippen molar-refractivity contribution in [2.24, 2.45) is 0 Å². The van der Waals surface area contributed by atoms with Gasteiger partial charge < -0.3 is 10.4 Å². The first-order valence-electron chi connectivity index (χ1n) is 9.29. The summed E-state index contributed by atoms with van der Waals surface area (Å²) in [5.41, 5.74) is 1.42. The van der Waals surface area contributed by atoms with Crippen LogP contribution in [-0.2, 0) is 20.2 Å². The third-order valence-corrected chi connectivity index (χ3v) is 5.90. The van der Waals surface area contributed by atoms with E-state index < -0.39 is 27.9 Å². The summed E-state index contributed by atoms with van der Waals surface area (Å²) in [6.07, 6.45) is -1.05. The second kappa shape index (κ2) is 9.47. The maximum atomic E-state index is 12.9. The lowest BCUT2D eigenvalue weighted by atomic mass is 9.87. The highest BCUT2D eigenvalue weighted by molar-refractivity contribution is 7.89. The molecule has 3 N–H and O–H groups in total. The van der Waals surface area contributed by atoms with Gasteiger partial charge in [-0.2, -0.15) is 0 Å². The van der Waals surface area contributed by atoms with Crippen LogP contribution in [0.3, 0.4) is 0 Å². The molecule has 0 radical (unpaired) electrons. The number of nitrogens with one attached hydrogen (secondary N) is 2. The average molecular weight is 423 g/mol. The normalized spacial score (nSPS) is 13.1. The maximum Gasteiger partial charge on any atom is 0.240 e. The average Bonchev–Trinajstić information content (AvgIpc) is 2.66. The van der Waals surface area contributed by atoms with Gasteiger partial charge in [0.2, 0.25) is 15.9 Å². The zero-order valence-electron chi connectivity index (χ0n) is 16.8. The lowest BCUT2D eigenvalue weighted by Gasteiger charge is -2.19. The van der Waals surface area contributed by atoms with E-state index in [9.17, 15) is 22.7 Å². The minimum Gasteiger partial charge on any atom is -0.387 e. The summed E-state index contributed by atoms with van der Waals surface area (Å²) in [5.74, 6) is -0.817. The number of aliphatic hydroxyl groups is 1. The first-order chi connectivity index (χ1) is 13.5. The van der Waals surface area contributed by atoms with Gasteiger partial charge in [0.1, 0.15) is 5.82 Å². The van der Waals surface area contributed by atoms with Crippen molar-refractivity contribution < 1.29 is 22.7 Å². The number of hydrogen-bond donors (Lipinski definition) is 3. The van der Waals surface area contributed by atoms with Gasteiger partial charge in [0.25, 0.3) is 0 Å². The molecule has 8 heteroatoms. The minimum absolute atomic E-state index is 0.0501. The van der Waals surface area contributed by atoms with E-state index in [1.165, 1.54) is 24.3 Å². The summed E-state index contributed by atoms with van der Waals surface area (Å²) >= 11 is 0. The smallest absolute Gasteiger partial charge is 0.240 e. The topological polar surface area (TPSA) is 95.5 Å². The van der Waals surface area contributed by atoms with Crippen LogP contribution in [-0.4, -0.2) is 32.5 Å². The fourth-order valence-electron chi connectivity index (χ4n) is 2.62. The van der Waals surface area contributed by atoms with Crippen molar-refractivity contribution in [1.29, 1.82) is 0 Å². The molecule has 29 heavy (non-hydrogen) atoms. The van der Waals surface area contributed by atoms with Gasteiger partial charge in [-0.1, -0.05) is 45.0 Å². The zero-order chi connectivity index (χ0) is 21.7. The summed E-state index contributed by atoms with van der Waals surface area (Å²) in [4.78, 5) is 12.0. The molecular formula is C21H27FN2O4S. The predicted octanol–water partition coefficient (Wildman–Crippen LogP) is 2.64. The Labute approximate surface area is 171 Å². The van der Waals surface area contributed by atoms with Crippen molar-refractivity contribution in [1.82, 2.24) is 10.0 Å². The molecule has 0 aliphatic carbocycles. The number of carbonyl (C=O) groups is 1. The van der Waals surface area contributed by atoms with E-state index >= 15 is 0 Å². The van der Waals surface area contributed by atoms with E-state index in [4.69, 9.17) is 0 Å². The molecule has 0 fully saturated rings. The van der Waals surface area contributed by atoms with E-state index in [2.05, 4.69) is 10.0 Å². The second-order valence-electron chi connectivity index (χ2n) is 7.79. The lowest BCUT2D eigenvalue weighted by molar-refractivity contribution is -0.121. The molecular weight excluding hydrogens is 395 g/mol. The molecule has 2 aromatic rings. The zero-order valence-corrected chi connectivity index (χ0v) is 17.6. The molecule has 158 valence electrons. The van der Waals surface area contributed by atoms with Crippen LogP contribution < -0.4 is 10.0 Å². The van der Waals surface area contributed by atoms with Crippen molar-refractivity contribution in [2.45, 2.75) is 43.6 Å². The van der Waals surface area contributed by atoms with Crippen molar-refractivity contribution >= 4 is 15.9 Å². The van der Waals surface area contributed by atoms with Gasteiger partial charge in [0, 0.05) is 19.5 Å². The Morgan fingerprint density at radius 3 is 2.21 bits per heavy atom. The Bertz CT molecular complexity index is 921. The number of rotatable bonds is 8.